The van der Waals surface area contributed by atoms with Crippen LogP contribution >= 0.6 is 27.7 Å². The molecule has 1 heterocycles. The zero-order chi connectivity index (χ0) is 8.27. The highest BCUT2D eigenvalue weighted by Crippen LogP contribution is 2.30. The van der Waals surface area contributed by atoms with Gasteiger partial charge in [-0.25, -0.2) is 0 Å². The fourth-order valence-electron chi connectivity index (χ4n) is 1.02. The van der Waals surface area contributed by atoms with E-state index in [2.05, 4.69) is 29.8 Å². The van der Waals surface area contributed by atoms with Crippen molar-refractivity contribution >= 4 is 27.7 Å². The topological polar surface area (TPSA) is 9.23 Å². The summed E-state index contributed by atoms with van der Waals surface area (Å²) in [7, 11) is 0. The van der Waals surface area contributed by atoms with Gasteiger partial charge in [0, 0.05) is 22.4 Å². The van der Waals surface area contributed by atoms with Crippen molar-refractivity contribution in [3.05, 3.63) is 10.7 Å². The number of ether oxygens (including phenoxy) is 1. The van der Waals surface area contributed by atoms with E-state index in [1.54, 1.807) is 0 Å². The molecule has 3 heteroatoms. The summed E-state index contributed by atoms with van der Waals surface area (Å²) in [6.45, 7) is 4.27. The van der Waals surface area contributed by atoms with Gasteiger partial charge in [-0.3, -0.25) is 0 Å². The smallest absolute Gasteiger partial charge is 0.117 e. The number of hydrogen-bond acceptors (Lipinski definition) is 2. The summed E-state index contributed by atoms with van der Waals surface area (Å²) in [4.78, 5) is 1.35. The maximum Gasteiger partial charge on any atom is 0.117 e. The van der Waals surface area contributed by atoms with E-state index in [1.165, 1.54) is 10.7 Å². The Bertz CT molecular complexity index is 167. The molecule has 0 amide bonds. The molecule has 0 aromatic carbocycles. The molecule has 0 saturated carbocycles. The average molecular weight is 237 g/mol. The fourth-order valence-corrected chi connectivity index (χ4v) is 2.66. The first kappa shape index (κ1) is 9.46. The van der Waals surface area contributed by atoms with Crippen LogP contribution in [-0.4, -0.2) is 17.2 Å². The maximum atomic E-state index is 5.71. The van der Waals surface area contributed by atoms with Gasteiger partial charge in [0.05, 0.1) is 0 Å². The molecule has 0 aromatic heterocycles. The highest BCUT2D eigenvalue weighted by molar-refractivity contribution is 9.09. The number of allylic oxidation sites excluding steroid dienone is 2. The van der Waals surface area contributed by atoms with E-state index >= 15 is 0 Å². The van der Waals surface area contributed by atoms with Crippen LogP contribution in [0.15, 0.2) is 10.7 Å². The third kappa shape index (κ3) is 2.41. The zero-order valence-corrected chi connectivity index (χ0v) is 9.30. The van der Waals surface area contributed by atoms with E-state index in [0.29, 0.717) is 6.10 Å². The molecule has 0 bridgehead atoms. The van der Waals surface area contributed by atoms with E-state index in [1.807, 2.05) is 11.8 Å². The van der Waals surface area contributed by atoms with Gasteiger partial charge in [-0.05, 0) is 6.92 Å². The first-order valence-electron chi connectivity index (χ1n) is 3.83. The van der Waals surface area contributed by atoms with Crippen molar-refractivity contribution < 1.29 is 4.74 Å². The predicted molar refractivity (Wildman–Crippen MR) is 54.1 cm³/mol. The maximum absolute atomic E-state index is 5.71. The van der Waals surface area contributed by atoms with Crippen LogP contribution in [0.5, 0.6) is 0 Å². The van der Waals surface area contributed by atoms with Crippen LogP contribution in [0.1, 0.15) is 20.3 Å². The normalized spacial score (nSPS) is 25.2. The predicted octanol–water partition coefficient (Wildman–Crippen LogP) is 3.15. The quantitative estimate of drug-likeness (QED) is 0.682. The molecule has 0 saturated heterocycles. The molecular formula is C8H13BrOS. The molecule has 1 nitrogen and oxygen atoms in total. The second kappa shape index (κ2) is 4.41. The fraction of sp³-hybridized carbons (Fsp3) is 0.750. The van der Waals surface area contributed by atoms with Crippen LogP contribution in [0.3, 0.4) is 0 Å². The van der Waals surface area contributed by atoms with E-state index in [0.717, 1.165) is 17.5 Å². The van der Waals surface area contributed by atoms with Crippen molar-refractivity contribution in [1.82, 2.24) is 0 Å². The Kier molecular flexibility index (Phi) is 3.79. The first-order chi connectivity index (χ1) is 5.27. The van der Waals surface area contributed by atoms with E-state index in [-0.39, 0.29) is 0 Å². The molecule has 1 rings (SSSR count). The van der Waals surface area contributed by atoms with Gasteiger partial charge in [-0.1, -0.05) is 22.9 Å². The Morgan fingerprint density at radius 3 is 3.00 bits per heavy atom. The Labute approximate surface area is 80.7 Å². The Balaban J connectivity index is 2.58. The lowest BCUT2D eigenvalue weighted by Gasteiger charge is -2.25. The highest BCUT2D eigenvalue weighted by atomic mass is 79.9. The van der Waals surface area contributed by atoms with Crippen molar-refractivity contribution in [1.29, 1.82) is 0 Å². The average Bonchev–Trinajstić information content (AvgIpc) is 2.05. The minimum Gasteiger partial charge on any atom is -0.492 e. The molecule has 1 aliphatic rings. The van der Waals surface area contributed by atoms with Gasteiger partial charge in [0.1, 0.15) is 11.9 Å². The number of halogens is 1. The molecule has 0 radical (unpaired) electrons. The molecule has 0 spiro atoms. The van der Waals surface area contributed by atoms with Crippen molar-refractivity contribution in [2.45, 2.75) is 26.4 Å². The monoisotopic (exact) mass is 236 g/mol. The molecular weight excluding hydrogens is 224 g/mol. The van der Waals surface area contributed by atoms with E-state index in [4.69, 9.17) is 4.74 Å². The lowest BCUT2D eigenvalue weighted by atomic mass is 10.3. The summed E-state index contributed by atoms with van der Waals surface area (Å²) in [6, 6.07) is 0. The standard InChI is InChI=1S/C8H13BrOS/c1-3-8-6(2)11-5-7(4-9)10-8/h7H,3-5H2,1-2H3. The Morgan fingerprint density at radius 2 is 2.45 bits per heavy atom. The molecule has 0 fully saturated rings. The van der Waals surface area contributed by atoms with Crippen LogP contribution in [0.25, 0.3) is 0 Å². The third-order valence-electron chi connectivity index (χ3n) is 1.68. The summed E-state index contributed by atoms with van der Waals surface area (Å²) in [6.07, 6.45) is 1.39. The van der Waals surface area contributed by atoms with E-state index < -0.39 is 0 Å². The number of alkyl halides is 1. The lowest BCUT2D eigenvalue weighted by molar-refractivity contribution is 0.145. The second-order valence-corrected chi connectivity index (χ2v) is 4.42. The Hall–Kier alpha value is 0.370. The Morgan fingerprint density at radius 1 is 1.73 bits per heavy atom. The summed E-state index contributed by atoms with van der Waals surface area (Å²) < 4.78 is 5.71. The summed E-state index contributed by atoms with van der Waals surface area (Å²) in [5.41, 5.74) is 0. The molecule has 0 N–H and O–H groups in total. The number of rotatable bonds is 2. The SMILES string of the molecule is CCC1=C(C)SCC(CBr)O1. The van der Waals surface area contributed by atoms with Gasteiger partial charge < -0.3 is 4.74 Å². The van der Waals surface area contributed by atoms with Crippen molar-refractivity contribution in [2.75, 3.05) is 11.1 Å². The largest absolute Gasteiger partial charge is 0.492 e. The van der Waals surface area contributed by atoms with Gasteiger partial charge in [0.15, 0.2) is 0 Å². The van der Waals surface area contributed by atoms with Gasteiger partial charge >= 0.3 is 0 Å². The molecule has 1 unspecified atom stereocenters. The lowest BCUT2D eigenvalue weighted by Crippen LogP contribution is -2.21. The first-order valence-corrected chi connectivity index (χ1v) is 5.93. The van der Waals surface area contributed by atoms with Crippen LogP contribution in [-0.2, 0) is 4.74 Å². The summed E-state index contributed by atoms with van der Waals surface area (Å²) in [5.74, 6) is 2.26. The molecule has 1 atom stereocenters. The van der Waals surface area contributed by atoms with Crippen molar-refractivity contribution in [3.63, 3.8) is 0 Å². The van der Waals surface area contributed by atoms with Crippen LogP contribution in [0.4, 0.5) is 0 Å². The van der Waals surface area contributed by atoms with Gasteiger partial charge in [0.25, 0.3) is 0 Å². The molecule has 0 aliphatic carbocycles. The third-order valence-corrected chi connectivity index (χ3v) is 3.60. The number of thioether (sulfide) groups is 1. The molecule has 1 aliphatic heterocycles. The van der Waals surface area contributed by atoms with E-state index in [9.17, 15) is 0 Å². The zero-order valence-electron chi connectivity index (χ0n) is 6.89. The molecule has 64 valence electrons. The van der Waals surface area contributed by atoms with Gasteiger partial charge in [-0.2, -0.15) is 0 Å². The van der Waals surface area contributed by atoms with Gasteiger partial charge in [-0.15, -0.1) is 11.8 Å². The molecule has 0 aromatic rings. The minimum absolute atomic E-state index is 0.374. The minimum atomic E-state index is 0.374. The second-order valence-electron chi connectivity index (χ2n) is 2.54. The van der Waals surface area contributed by atoms with Crippen LogP contribution < -0.4 is 0 Å². The van der Waals surface area contributed by atoms with Crippen LogP contribution in [0.2, 0.25) is 0 Å². The number of hydrogen-bond donors (Lipinski definition) is 0. The van der Waals surface area contributed by atoms with Gasteiger partial charge in [0.2, 0.25) is 0 Å². The summed E-state index contributed by atoms with van der Waals surface area (Å²) in [5, 5.41) is 0.941. The van der Waals surface area contributed by atoms with Crippen molar-refractivity contribution in [2.24, 2.45) is 0 Å². The molecule has 11 heavy (non-hydrogen) atoms. The summed E-state index contributed by atoms with van der Waals surface area (Å²) >= 11 is 5.33. The van der Waals surface area contributed by atoms with Crippen LogP contribution in [0, 0.1) is 0 Å². The van der Waals surface area contributed by atoms with Crippen molar-refractivity contribution in [3.8, 4) is 0 Å². The highest BCUT2D eigenvalue weighted by Gasteiger charge is 2.17.